The average molecular weight is 299 g/mol. The molecular weight excluding hydrogens is 270 g/mol. The molecule has 1 fully saturated rings. The summed E-state index contributed by atoms with van der Waals surface area (Å²) >= 11 is 0. The molecule has 0 saturated heterocycles. The molecule has 0 aromatic carbocycles. The Bertz CT molecular complexity index is 396. The molecule has 2 amide bonds. The first-order chi connectivity index (χ1) is 9.57. The summed E-state index contributed by atoms with van der Waals surface area (Å²) in [6, 6.07) is -0.576. The zero-order valence-electron chi connectivity index (χ0n) is 13.8. The lowest BCUT2D eigenvalue weighted by molar-refractivity contribution is -0.148. The fourth-order valence-electron chi connectivity index (χ4n) is 3.09. The van der Waals surface area contributed by atoms with Gasteiger partial charge in [0, 0.05) is 19.1 Å². The van der Waals surface area contributed by atoms with E-state index < -0.39 is 11.4 Å². The molecule has 0 aromatic heterocycles. The molecule has 0 aromatic rings. The van der Waals surface area contributed by atoms with E-state index in [2.05, 4.69) is 29.4 Å². The molecule has 122 valence electrons. The fraction of sp³-hybridized carbons (Fsp3) is 0.867. The van der Waals surface area contributed by atoms with Crippen molar-refractivity contribution in [1.82, 2.24) is 15.5 Å². The maximum atomic E-state index is 12.0. The molecule has 1 aliphatic rings. The smallest absolute Gasteiger partial charge is 0.315 e. The summed E-state index contributed by atoms with van der Waals surface area (Å²) in [7, 11) is 4.00. The first kappa shape index (κ1) is 17.8. The highest BCUT2D eigenvalue weighted by atomic mass is 16.4. The van der Waals surface area contributed by atoms with Crippen molar-refractivity contribution in [3.8, 4) is 0 Å². The summed E-state index contributed by atoms with van der Waals surface area (Å²) in [5, 5.41) is 15.0. The summed E-state index contributed by atoms with van der Waals surface area (Å²) in [5.74, 6) is -0.835. The van der Waals surface area contributed by atoms with Gasteiger partial charge in [0.1, 0.15) is 0 Å². The predicted molar refractivity (Wildman–Crippen MR) is 82.3 cm³/mol. The summed E-state index contributed by atoms with van der Waals surface area (Å²) in [5.41, 5.74) is -0.886. The van der Waals surface area contributed by atoms with E-state index in [4.69, 9.17) is 0 Å². The van der Waals surface area contributed by atoms with E-state index in [1.807, 2.05) is 14.1 Å². The third-order valence-electron chi connectivity index (χ3n) is 4.22. The molecule has 2 atom stereocenters. The average Bonchev–Trinajstić information content (AvgIpc) is 2.68. The standard InChI is InChI=1S/C15H29N3O3/c1-14(2,10-18(4)5)9-16-13(21)17-11-7-6-8-15(11,3)12(19)20/h11H,6-10H2,1-5H3,(H,19,20)(H2,16,17,21). The molecule has 2 unspecified atom stereocenters. The van der Waals surface area contributed by atoms with Crippen LogP contribution in [0.4, 0.5) is 4.79 Å². The van der Waals surface area contributed by atoms with E-state index >= 15 is 0 Å². The van der Waals surface area contributed by atoms with Gasteiger partial charge < -0.3 is 20.6 Å². The number of amides is 2. The molecule has 1 saturated carbocycles. The number of urea groups is 1. The molecule has 0 bridgehead atoms. The predicted octanol–water partition coefficient (Wildman–Crippen LogP) is 1.52. The zero-order valence-corrected chi connectivity index (χ0v) is 13.8. The van der Waals surface area contributed by atoms with E-state index in [0.29, 0.717) is 13.0 Å². The zero-order chi connectivity index (χ0) is 16.3. The second kappa shape index (κ2) is 6.64. The molecule has 1 rings (SSSR count). The monoisotopic (exact) mass is 299 g/mol. The van der Waals surface area contributed by atoms with Crippen LogP contribution in [0.25, 0.3) is 0 Å². The topological polar surface area (TPSA) is 81.7 Å². The number of carbonyl (C=O) groups excluding carboxylic acids is 1. The number of nitrogens with one attached hydrogen (secondary N) is 2. The molecule has 0 heterocycles. The van der Waals surface area contributed by atoms with Gasteiger partial charge in [-0.05, 0) is 39.3 Å². The van der Waals surface area contributed by atoms with Crippen LogP contribution in [0.3, 0.4) is 0 Å². The Balaban J connectivity index is 2.49. The highest BCUT2D eigenvalue weighted by molar-refractivity contribution is 5.79. The Morgan fingerprint density at radius 1 is 1.38 bits per heavy atom. The number of rotatable bonds is 6. The van der Waals surface area contributed by atoms with E-state index in [9.17, 15) is 14.7 Å². The van der Waals surface area contributed by atoms with E-state index in [1.165, 1.54) is 0 Å². The maximum absolute atomic E-state index is 12.0. The van der Waals surface area contributed by atoms with Crippen LogP contribution in [0.2, 0.25) is 0 Å². The van der Waals surface area contributed by atoms with Gasteiger partial charge in [-0.2, -0.15) is 0 Å². The quantitative estimate of drug-likeness (QED) is 0.694. The van der Waals surface area contributed by atoms with Crippen molar-refractivity contribution in [3.63, 3.8) is 0 Å². The molecule has 1 aliphatic carbocycles. The highest BCUT2D eigenvalue weighted by Gasteiger charge is 2.45. The van der Waals surface area contributed by atoms with Crippen LogP contribution in [0, 0.1) is 10.8 Å². The van der Waals surface area contributed by atoms with Gasteiger partial charge in [-0.3, -0.25) is 4.79 Å². The molecule has 6 nitrogen and oxygen atoms in total. The van der Waals surface area contributed by atoms with Crippen molar-refractivity contribution < 1.29 is 14.7 Å². The molecule has 6 heteroatoms. The van der Waals surface area contributed by atoms with E-state index in [-0.39, 0.29) is 17.5 Å². The van der Waals surface area contributed by atoms with Gasteiger partial charge in [0.2, 0.25) is 0 Å². The van der Waals surface area contributed by atoms with Crippen molar-refractivity contribution in [2.75, 3.05) is 27.2 Å². The molecule has 0 spiro atoms. The lowest BCUT2D eigenvalue weighted by atomic mass is 9.85. The minimum absolute atomic E-state index is 0.0351. The Hall–Kier alpha value is -1.30. The van der Waals surface area contributed by atoms with Crippen molar-refractivity contribution in [2.24, 2.45) is 10.8 Å². The SMILES string of the molecule is CN(C)CC(C)(C)CNC(=O)NC1CCCC1(C)C(=O)O. The first-order valence-electron chi connectivity index (χ1n) is 7.49. The number of carboxylic acids is 1. The molecular formula is C15H29N3O3. The van der Waals surface area contributed by atoms with Crippen molar-refractivity contribution in [2.45, 2.75) is 46.1 Å². The van der Waals surface area contributed by atoms with Gasteiger partial charge in [0.25, 0.3) is 0 Å². The second-order valence-corrected chi connectivity index (χ2v) is 7.40. The lowest BCUT2D eigenvalue weighted by Crippen LogP contribution is -2.52. The van der Waals surface area contributed by atoms with Gasteiger partial charge >= 0.3 is 12.0 Å². The normalized spacial score (nSPS) is 25.9. The number of hydrogen-bond donors (Lipinski definition) is 3. The number of carboxylic acid groups (broad SMARTS) is 1. The van der Waals surface area contributed by atoms with Gasteiger partial charge in [0.05, 0.1) is 5.41 Å². The van der Waals surface area contributed by atoms with Gasteiger partial charge in [0.15, 0.2) is 0 Å². The van der Waals surface area contributed by atoms with Crippen LogP contribution < -0.4 is 10.6 Å². The number of nitrogens with zero attached hydrogens (tertiary/aromatic N) is 1. The van der Waals surface area contributed by atoms with Crippen LogP contribution in [0.5, 0.6) is 0 Å². The molecule has 0 aliphatic heterocycles. The molecule has 0 radical (unpaired) electrons. The minimum atomic E-state index is -0.851. The van der Waals surface area contributed by atoms with Gasteiger partial charge in [-0.1, -0.05) is 20.3 Å². The maximum Gasteiger partial charge on any atom is 0.315 e. The summed E-state index contributed by atoms with van der Waals surface area (Å²) in [6.07, 6.45) is 2.16. The third kappa shape index (κ3) is 4.88. The van der Waals surface area contributed by atoms with Crippen molar-refractivity contribution in [3.05, 3.63) is 0 Å². The number of aliphatic carboxylic acids is 1. The largest absolute Gasteiger partial charge is 0.481 e. The highest BCUT2D eigenvalue weighted by Crippen LogP contribution is 2.38. The third-order valence-corrected chi connectivity index (χ3v) is 4.22. The fourth-order valence-corrected chi connectivity index (χ4v) is 3.09. The van der Waals surface area contributed by atoms with Crippen LogP contribution in [0.15, 0.2) is 0 Å². The second-order valence-electron chi connectivity index (χ2n) is 7.40. The van der Waals surface area contributed by atoms with Crippen molar-refractivity contribution in [1.29, 1.82) is 0 Å². The van der Waals surface area contributed by atoms with Gasteiger partial charge in [-0.25, -0.2) is 4.79 Å². The van der Waals surface area contributed by atoms with Crippen LogP contribution >= 0.6 is 0 Å². The summed E-state index contributed by atoms with van der Waals surface area (Å²) < 4.78 is 0. The molecule has 21 heavy (non-hydrogen) atoms. The van der Waals surface area contributed by atoms with Crippen LogP contribution in [-0.2, 0) is 4.79 Å². The van der Waals surface area contributed by atoms with E-state index in [1.54, 1.807) is 6.92 Å². The number of hydrogen-bond acceptors (Lipinski definition) is 3. The first-order valence-corrected chi connectivity index (χ1v) is 7.49. The minimum Gasteiger partial charge on any atom is -0.481 e. The van der Waals surface area contributed by atoms with E-state index in [0.717, 1.165) is 19.4 Å². The summed E-state index contributed by atoms with van der Waals surface area (Å²) in [6.45, 7) is 7.30. The Morgan fingerprint density at radius 3 is 2.52 bits per heavy atom. The van der Waals surface area contributed by atoms with Crippen LogP contribution in [0.1, 0.15) is 40.0 Å². The Labute approximate surface area is 127 Å². The van der Waals surface area contributed by atoms with Crippen molar-refractivity contribution >= 4 is 12.0 Å². The van der Waals surface area contributed by atoms with Gasteiger partial charge in [-0.15, -0.1) is 0 Å². The lowest BCUT2D eigenvalue weighted by Gasteiger charge is -2.30. The number of carbonyl (C=O) groups is 2. The Morgan fingerprint density at radius 2 is 2.00 bits per heavy atom. The summed E-state index contributed by atoms with van der Waals surface area (Å²) in [4.78, 5) is 25.5. The van der Waals surface area contributed by atoms with Crippen LogP contribution in [-0.4, -0.2) is 55.2 Å². The Kier molecular flexibility index (Phi) is 5.61. The molecule has 3 N–H and O–H groups in total.